The maximum absolute atomic E-state index is 12.1. The molecular formula is C26H47NaO11S. The van der Waals surface area contributed by atoms with Crippen LogP contribution in [0, 0.1) is 11.8 Å². The van der Waals surface area contributed by atoms with Gasteiger partial charge < -0.3 is 33.7 Å². The quantitative estimate of drug-likeness (QED) is 0.133. The Labute approximate surface area is 255 Å². The van der Waals surface area contributed by atoms with Gasteiger partial charge in [-0.25, -0.2) is 8.42 Å². The van der Waals surface area contributed by atoms with Crippen LogP contribution in [0.25, 0.3) is 0 Å². The predicted octanol–water partition coefficient (Wildman–Crippen LogP) is -0.681. The van der Waals surface area contributed by atoms with Crippen LogP contribution in [0.3, 0.4) is 0 Å². The van der Waals surface area contributed by atoms with Gasteiger partial charge in [-0.15, -0.1) is 0 Å². The molecule has 13 heteroatoms. The molecule has 39 heavy (non-hydrogen) atoms. The van der Waals surface area contributed by atoms with E-state index in [0.29, 0.717) is 0 Å². The number of rotatable bonds is 16. The van der Waals surface area contributed by atoms with E-state index in [0.717, 1.165) is 51.4 Å². The Hall–Kier alpha value is -0.310. The second kappa shape index (κ2) is 20.5. The molecular weight excluding hydrogens is 543 g/mol. The van der Waals surface area contributed by atoms with Crippen molar-refractivity contribution in [2.75, 3.05) is 26.4 Å². The van der Waals surface area contributed by atoms with Crippen LogP contribution in [0.15, 0.2) is 0 Å². The van der Waals surface area contributed by atoms with Gasteiger partial charge in [0.15, 0.2) is 5.25 Å². The molecule has 0 radical (unpaired) electrons. The van der Waals surface area contributed by atoms with E-state index in [9.17, 15) is 22.6 Å². The Bertz CT molecular complexity index is 779. The van der Waals surface area contributed by atoms with E-state index in [1.54, 1.807) is 0 Å². The molecule has 2 saturated heterocycles. The summed E-state index contributed by atoms with van der Waals surface area (Å²) in [6.07, 6.45) is 4.88. The molecule has 0 bridgehead atoms. The van der Waals surface area contributed by atoms with E-state index >= 15 is 0 Å². The molecule has 0 saturated carbocycles. The summed E-state index contributed by atoms with van der Waals surface area (Å²) >= 11 is 0. The standard InChI is InChI=1S/C20H38O7S.C6H10O4.Na/c1-5-9-11-16(7-3)14-26-19(21)13-18(28(23,24)25)20(22)27-15-17(8-4)12-10-6-2;7-3-1-9-6-4(8)2-10-5(3)6;/h16-18H,5-15H2,1-4H3,(H,23,24,25);3-8H,1-2H2;/q;;+1/p-1/t;3-,4-,5-,6-;/m.1./s1. The topological polar surface area (TPSA) is 169 Å². The average molecular weight is 591 g/mol. The zero-order chi connectivity index (χ0) is 28.7. The van der Waals surface area contributed by atoms with E-state index in [1.807, 2.05) is 13.8 Å². The minimum Gasteiger partial charge on any atom is -0.747 e. The molecule has 0 amide bonds. The van der Waals surface area contributed by atoms with Crippen LogP contribution in [0.5, 0.6) is 0 Å². The number of aliphatic hydroxyl groups excluding tert-OH is 2. The van der Waals surface area contributed by atoms with Crippen molar-refractivity contribution in [1.29, 1.82) is 0 Å². The first-order valence-electron chi connectivity index (χ1n) is 13.8. The first-order valence-corrected chi connectivity index (χ1v) is 15.3. The van der Waals surface area contributed by atoms with Crippen LogP contribution in [0.4, 0.5) is 0 Å². The smallest absolute Gasteiger partial charge is 0.747 e. The van der Waals surface area contributed by atoms with Crippen molar-refractivity contribution in [2.45, 2.75) is 115 Å². The predicted molar refractivity (Wildman–Crippen MR) is 138 cm³/mol. The van der Waals surface area contributed by atoms with E-state index in [2.05, 4.69) is 13.8 Å². The number of hydrogen-bond donors (Lipinski definition) is 2. The number of esters is 2. The van der Waals surface area contributed by atoms with E-state index < -0.39 is 45.9 Å². The summed E-state index contributed by atoms with van der Waals surface area (Å²) in [5.74, 6) is -1.74. The van der Waals surface area contributed by atoms with Crippen molar-refractivity contribution in [3.63, 3.8) is 0 Å². The van der Waals surface area contributed by atoms with Gasteiger partial charge in [-0.1, -0.05) is 66.2 Å². The van der Waals surface area contributed by atoms with E-state index in [4.69, 9.17) is 29.2 Å². The molecule has 7 atom stereocenters. The van der Waals surface area contributed by atoms with Crippen LogP contribution < -0.4 is 29.6 Å². The molecule has 2 heterocycles. The molecule has 11 nitrogen and oxygen atoms in total. The number of carbonyl (C=O) groups is 2. The van der Waals surface area contributed by atoms with E-state index in [-0.39, 0.29) is 80.0 Å². The first kappa shape index (κ1) is 38.7. The molecule has 2 aliphatic rings. The van der Waals surface area contributed by atoms with Gasteiger partial charge in [0.2, 0.25) is 0 Å². The summed E-state index contributed by atoms with van der Waals surface area (Å²) in [6.45, 7) is 8.83. The fourth-order valence-electron chi connectivity index (χ4n) is 4.27. The van der Waals surface area contributed by atoms with Crippen molar-refractivity contribution in [3.05, 3.63) is 0 Å². The van der Waals surface area contributed by atoms with Crippen molar-refractivity contribution in [2.24, 2.45) is 11.8 Å². The second-order valence-electron chi connectivity index (χ2n) is 10.1. The number of fused-ring (bicyclic) bond motifs is 1. The summed E-state index contributed by atoms with van der Waals surface area (Å²) in [5.41, 5.74) is 0. The molecule has 0 aromatic rings. The molecule has 0 aromatic heterocycles. The van der Waals surface area contributed by atoms with E-state index in [1.165, 1.54) is 0 Å². The third-order valence-electron chi connectivity index (χ3n) is 6.99. The maximum Gasteiger partial charge on any atom is 1.00 e. The number of unbranched alkanes of at least 4 members (excludes halogenated alkanes) is 2. The van der Waals surface area contributed by atoms with Gasteiger partial charge in [-0.05, 0) is 24.7 Å². The number of ether oxygens (including phenoxy) is 4. The summed E-state index contributed by atoms with van der Waals surface area (Å²) in [7, 11) is -5.01. The summed E-state index contributed by atoms with van der Waals surface area (Å²) in [4.78, 5) is 24.1. The molecule has 0 aliphatic carbocycles. The fraction of sp³-hybridized carbons (Fsp3) is 0.923. The third kappa shape index (κ3) is 14.4. The molecule has 224 valence electrons. The zero-order valence-electron chi connectivity index (χ0n) is 24.2. The third-order valence-corrected chi connectivity index (χ3v) is 8.05. The van der Waals surface area contributed by atoms with Crippen LogP contribution in [0.1, 0.15) is 85.5 Å². The minimum atomic E-state index is -5.01. The molecule has 2 rings (SSSR count). The van der Waals surface area contributed by atoms with Gasteiger partial charge in [0, 0.05) is 0 Å². The van der Waals surface area contributed by atoms with Gasteiger partial charge >= 0.3 is 41.5 Å². The van der Waals surface area contributed by atoms with Crippen molar-refractivity contribution in [1.82, 2.24) is 0 Å². The Morgan fingerprint density at radius 2 is 1.31 bits per heavy atom. The summed E-state index contributed by atoms with van der Waals surface area (Å²) < 4.78 is 54.7. The maximum atomic E-state index is 12.1. The molecule has 0 spiro atoms. The van der Waals surface area contributed by atoms with Gasteiger partial charge in [-0.3, -0.25) is 9.59 Å². The average Bonchev–Trinajstić information content (AvgIpc) is 3.44. The Morgan fingerprint density at radius 1 is 0.872 bits per heavy atom. The van der Waals surface area contributed by atoms with Crippen LogP contribution in [-0.2, 0) is 38.7 Å². The van der Waals surface area contributed by atoms with Gasteiger partial charge in [-0.2, -0.15) is 0 Å². The van der Waals surface area contributed by atoms with Crippen LogP contribution in [0.2, 0.25) is 0 Å². The molecule has 0 aromatic carbocycles. The Balaban J connectivity index is 0.00000108. The SMILES string of the molecule is CCCCC(CC)COC(=O)CC(C(=O)OCC(CC)CCCC)S(=O)(=O)[O-].O[C@@H]1CO[C@H]2[C@@H]1OC[C@H]2O.[Na+]. The van der Waals surface area contributed by atoms with Gasteiger partial charge in [0.25, 0.3) is 0 Å². The molecule has 2 N–H and O–H groups in total. The summed E-state index contributed by atoms with van der Waals surface area (Å²) in [5, 5.41) is 16.3. The number of carbonyl (C=O) groups excluding carboxylic acids is 2. The minimum absolute atomic E-state index is 0. The van der Waals surface area contributed by atoms with Crippen LogP contribution >= 0.6 is 0 Å². The molecule has 2 aliphatic heterocycles. The normalized spacial score (nSPS) is 24.4. The molecule has 3 unspecified atom stereocenters. The van der Waals surface area contributed by atoms with Crippen molar-refractivity contribution < 1.29 is 81.3 Å². The zero-order valence-corrected chi connectivity index (χ0v) is 27.0. The summed E-state index contributed by atoms with van der Waals surface area (Å²) in [6, 6.07) is 0. The molecule has 2 fully saturated rings. The van der Waals surface area contributed by atoms with Gasteiger partial charge in [0.05, 0.1) is 32.8 Å². The van der Waals surface area contributed by atoms with Crippen LogP contribution in [-0.4, -0.2) is 91.2 Å². The van der Waals surface area contributed by atoms with Crippen molar-refractivity contribution >= 4 is 22.1 Å². The van der Waals surface area contributed by atoms with Crippen molar-refractivity contribution in [3.8, 4) is 0 Å². The largest absolute Gasteiger partial charge is 1.00 e. The fourth-order valence-corrected chi connectivity index (χ4v) is 4.92. The first-order chi connectivity index (χ1) is 18.0. The second-order valence-corrected chi connectivity index (χ2v) is 11.6. The Morgan fingerprint density at radius 3 is 1.69 bits per heavy atom. The Kier molecular flexibility index (Phi) is 20.4. The number of hydrogen-bond acceptors (Lipinski definition) is 11. The number of aliphatic hydroxyl groups is 2. The van der Waals surface area contributed by atoms with Gasteiger partial charge in [0.1, 0.15) is 34.5 Å². The monoisotopic (exact) mass is 590 g/mol.